The lowest BCUT2D eigenvalue weighted by atomic mass is 10.0. The molecule has 0 spiro atoms. The van der Waals surface area contributed by atoms with Crippen LogP contribution < -0.4 is 10.2 Å². The minimum atomic E-state index is -0.326. The molecule has 0 fully saturated rings. The van der Waals surface area contributed by atoms with Crippen molar-refractivity contribution < 1.29 is 9.53 Å². The molecule has 4 nitrogen and oxygen atoms in total. The van der Waals surface area contributed by atoms with E-state index in [1.807, 2.05) is 19.1 Å². The van der Waals surface area contributed by atoms with Crippen LogP contribution in [-0.4, -0.2) is 18.2 Å². The maximum atomic E-state index is 11.8. The van der Waals surface area contributed by atoms with Gasteiger partial charge in [0.2, 0.25) is 0 Å². The third kappa shape index (κ3) is 5.39. The lowest BCUT2D eigenvalue weighted by Gasteiger charge is -2.08. The summed E-state index contributed by atoms with van der Waals surface area (Å²) in [5.41, 5.74) is 5.47. The Morgan fingerprint density at radius 3 is 2.54 bits per heavy atom. The van der Waals surface area contributed by atoms with Crippen molar-refractivity contribution in [1.29, 1.82) is 0 Å². The molecule has 0 aliphatic rings. The molecule has 0 radical (unpaired) electrons. The Bertz CT molecular complexity index is 724. The Morgan fingerprint density at radius 1 is 1.21 bits per heavy atom. The Morgan fingerprint density at radius 2 is 1.92 bits per heavy atom. The zero-order chi connectivity index (χ0) is 17.5. The van der Waals surface area contributed by atoms with Gasteiger partial charge in [0.1, 0.15) is 5.75 Å². The quantitative estimate of drug-likeness (QED) is 0.624. The molecule has 126 valence electrons. The molecule has 0 aliphatic carbocycles. The summed E-state index contributed by atoms with van der Waals surface area (Å²) in [5, 5.41) is 4.67. The van der Waals surface area contributed by atoms with Gasteiger partial charge in [0, 0.05) is 5.02 Å². The van der Waals surface area contributed by atoms with Gasteiger partial charge in [-0.3, -0.25) is 4.79 Å². The predicted molar refractivity (Wildman–Crippen MR) is 97.8 cm³/mol. The molecule has 0 saturated heterocycles. The summed E-state index contributed by atoms with van der Waals surface area (Å²) in [4.78, 5) is 11.8. The van der Waals surface area contributed by atoms with Crippen LogP contribution in [0.15, 0.2) is 53.6 Å². The van der Waals surface area contributed by atoms with Gasteiger partial charge < -0.3 is 4.74 Å². The highest BCUT2D eigenvalue weighted by atomic mass is 35.5. The SMILES string of the molecule is CC(=NNC(=O)COc1cccc(Cl)c1)c1ccc(C(C)C)cc1. The van der Waals surface area contributed by atoms with Crippen LogP contribution in [0.3, 0.4) is 0 Å². The first-order valence-electron chi connectivity index (χ1n) is 7.77. The van der Waals surface area contributed by atoms with Crippen LogP contribution in [0.1, 0.15) is 37.8 Å². The van der Waals surface area contributed by atoms with Crippen molar-refractivity contribution in [3.63, 3.8) is 0 Å². The van der Waals surface area contributed by atoms with Crippen molar-refractivity contribution in [2.75, 3.05) is 6.61 Å². The molecule has 2 aromatic rings. The van der Waals surface area contributed by atoms with Gasteiger partial charge >= 0.3 is 0 Å². The van der Waals surface area contributed by atoms with Crippen molar-refractivity contribution in [1.82, 2.24) is 5.43 Å². The second-order valence-electron chi connectivity index (χ2n) is 5.75. The van der Waals surface area contributed by atoms with Gasteiger partial charge in [0.25, 0.3) is 5.91 Å². The first-order chi connectivity index (χ1) is 11.5. The number of hydrogen-bond donors (Lipinski definition) is 1. The predicted octanol–water partition coefficient (Wildman–Crippen LogP) is 4.38. The summed E-state index contributed by atoms with van der Waals surface area (Å²) >= 11 is 5.86. The molecule has 0 aliphatic heterocycles. The highest BCUT2D eigenvalue weighted by Gasteiger charge is 2.04. The molecule has 5 heteroatoms. The Labute approximate surface area is 147 Å². The molecule has 0 atom stereocenters. The summed E-state index contributed by atoms with van der Waals surface area (Å²) in [6.07, 6.45) is 0. The number of rotatable bonds is 6. The monoisotopic (exact) mass is 344 g/mol. The maximum absolute atomic E-state index is 11.8. The van der Waals surface area contributed by atoms with Crippen molar-refractivity contribution in [2.45, 2.75) is 26.7 Å². The van der Waals surface area contributed by atoms with Crippen LogP contribution in [0.25, 0.3) is 0 Å². The van der Waals surface area contributed by atoms with Crippen molar-refractivity contribution in [3.8, 4) is 5.75 Å². The second-order valence-corrected chi connectivity index (χ2v) is 6.19. The third-order valence-corrected chi connectivity index (χ3v) is 3.74. The number of hydrogen-bond acceptors (Lipinski definition) is 3. The van der Waals surface area contributed by atoms with Gasteiger partial charge in [0.05, 0.1) is 5.71 Å². The molecule has 24 heavy (non-hydrogen) atoms. The Kier molecular flexibility index (Phi) is 6.38. The van der Waals surface area contributed by atoms with Gasteiger partial charge in [-0.15, -0.1) is 0 Å². The van der Waals surface area contributed by atoms with E-state index in [2.05, 4.69) is 36.5 Å². The van der Waals surface area contributed by atoms with Crippen LogP contribution in [-0.2, 0) is 4.79 Å². The fourth-order valence-electron chi connectivity index (χ4n) is 2.06. The van der Waals surface area contributed by atoms with E-state index in [-0.39, 0.29) is 12.5 Å². The summed E-state index contributed by atoms with van der Waals surface area (Å²) in [6.45, 7) is 6.03. The molecule has 2 aromatic carbocycles. The van der Waals surface area contributed by atoms with Gasteiger partial charge in [-0.2, -0.15) is 5.10 Å². The normalized spacial score (nSPS) is 11.5. The number of nitrogens with one attached hydrogen (secondary N) is 1. The minimum absolute atomic E-state index is 0.122. The molecule has 0 saturated carbocycles. The fourth-order valence-corrected chi connectivity index (χ4v) is 2.24. The van der Waals surface area contributed by atoms with E-state index in [0.29, 0.717) is 16.7 Å². The summed E-state index contributed by atoms with van der Waals surface area (Å²) in [7, 11) is 0. The Hall–Kier alpha value is -2.33. The zero-order valence-corrected chi connectivity index (χ0v) is 14.8. The van der Waals surface area contributed by atoms with E-state index in [1.165, 1.54) is 5.56 Å². The molecule has 0 unspecified atom stereocenters. The molecular formula is C19H21ClN2O2. The van der Waals surface area contributed by atoms with Crippen LogP contribution in [0.2, 0.25) is 5.02 Å². The molecule has 1 amide bonds. The molecule has 0 bridgehead atoms. The second kappa shape index (κ2) is 8.50. The van der Waals surface area contributed by atoms with Crippen LogP contribution in [0.4, 0.5) is 0 Å². The zero-order valence-electron chi connectivity index (χ0n) is 14.0. The number of halogens is 1. The summed E-state index contributed by atoms with van der Waals surface area (Å²) in [5.74, 6) is 0.704. The lowest BCUT2D eigenvalue weighted by molar-refractivity contribution is -0.123. The molecule has 0 aromatic heterocycles. The number of benzene rings is 2. The first-order valence-corrected chi connectivity index (χ1v) is 8.15. The van der Waals surface area contributed by atoms with E-state index in [9.17, 15) is 4.79 Å². The van der Waals surface area contributed by atoms with Gasteiger partial charge in [0.15, 0.2) is 6.61 Å². The minimum Gasteiger partial charge on any atom is -0.484 e. The number of hydrazone groups is 1. The number of carbonyl (C=O) groups excluding carboxylic acids is 1. The molecule has 0 heterocycles. The van der Waals surface area contributed by atoms with Crippen LogP contribution in [0, 0.1) is 0 Å². The van der Waals surface area contributed by atoms with Crippen LogP contribution in [0.5, 0.6) is 5.75 Å². The van der Waals surface area contributed by atoms with E-state index >= 15 is 0 Å². The van der Waals surface area contributed by atoms with Crippen molar-refractivity contribution in [3.05, 3.63) is 64.7 Å². The first kappa shape index (κ1) is 18.0. The van der Waals surface area contributed by atoms with Crippen molar-refractivity contribution in [2.24, 2.45) is 5.10 Å². The van der Waals surface area contributed by atoms with E-state index in [0.717, 1.165) is 11.3 Å². The summed E-state index contributed by atoms with van der Waals surface area (Å²) in [6, 6.07) is 15.0. The number of ether oxygens (including phenoxy) is 1. The molecule has 2 rings (SSSR count). The van der Waals surface area contributed by atoms with Crippen molar-refractivity contribution >= 4 is 23.2 Å². The largest absolute Gasteiger partial charge is 0.484 e. The number of nitrogens with zero attached hydrogens (tertiary/aromatic N) is 1. The Balaban J connectivity index is 1.88. The molecule has 1 N–H and O–H groups in total. The van der Waals surface area contributed by atoms with Gasteiger partial charge in [-0.05, 0) is 42.2 Å². The smallest absolute Gasteiger partial charge is 0.277 e. The average molecular weight is 345 g/mol. The topological polar surface area (TPSA) is 50.7 Å². The number of carbonyl (C=O) groups is 1. The van der Waals surface area contributed by atoms with E-state index in [1.54, 1.807) is 24.3 Å². The van der Waals surface area contributed by atoms with Gasteiger partial charge in [-0.1, -0.05) is 55.8 Å². The highest BCUT2D eigenvalue weighted by Crippen LogP contribution is 2.17. The van der Waals surface area contributed by atoms with E-state index < -0.39 is 0 Å². The summed E-state index contributed by atoms with van der Waals surface area (Å²) < 4.78 is 5.36. The molecular weight excluding hydrogens is 324 g/mol. The van der Waals surface area contributed by atoms with Crippen LogP contribution >= 0.6 is 11.6 Å². The lowest BCUT2D eigenvalue weighted by Crippen LogP contribution is -2.25. The third-order valence-electron chi connectivity index (χ3n) is 3.51. The standard InChI is InChI=1S/C19H21ClN2O2/c1-13(2)15-7-9-16(10-8-15)14(3)21-22-19(23)12-24-18-6-4-5-17(20)11-18/h4-11,13H,12H2,1-3H3,(H,22,23). The average Bonchev–Trinajstić information content (AvgIpc) is 2.58. The fraction of sp³-hybridized carbons (Fsp3) is 0.263. The van der Waals surface area contributed by atoms with Gasteiger partial charge in [-0.25, -0.2) is 5.43 Å². The highest BCUT2D eigenvalue weighted by molar-refractivity contribution is 6.30. The maximum Gasteiger partial charge on any atom is 0.277 e. The number of amides is 1. The van der Waals surface area contributed by atoms with E-state index in [4.69, 9.17) is 16.3 Å².